The van der Waals surface area contributed by atoms with Gasteiger partial charge in [-0.1, -0.05) is 11.8 Å². The van der Waals surface area contributed by atoms with Crippen LogP contribution in [0, 0.1) is 0 Å². The summed E-state index contributed by atoms with van der Waals surface area (Å²) >= 11 is 1.63. The molecule has 1 N–H and O–H groups in total. The fourth-order valence-corrected chi connectivity index (χ4v) is 1.89. The molecule has 5 heteroatoms. The second-order valence-electron chi connectivity index (χ2n) is 2.16. The number of aromatic amines is 1. The first-order valence-corrected chi connectivity index (χ1v) is 4.14. The van der Waals surface area contributed by atoms with E-state index in [1.165, 1.54) is 0 Å². The van der Waals surface area contributed by atoms with Crippen molar-refractivity contribution in [3.63, 3.8) is 0 Å². The average Bonchev–Trinajstić information content (AvgIpc) is 2.34. The molecular formula is C5H7N3OS. The van der Waals surface area contributed by atoms with Gasteiger partial charge in [-0.2, -0.15) is 0 Å². The SMILES string of the molecule is O=c1[nH]nc2n1CCCS2. The Morgan fingerprint density at radius 3 is 3.40 bits per heavy atom. The smallest absolute Gasteiger partial charge is 0.270 e. The van der Waals surface area contributed by atoms with Crippen molar-refractivity contribution in [3.8, 4) is 0 Å². The van der Waals surface area contributed by atoms with Crippen LogP contribution in [0.5, 0.6) is 0 Å². The molecule has 0 spiro atoms. The number of nitrogens with one attached hydrogen (secondary N) is 1. The maximum absolute atomic E-state index is 10.9. The van der Waals surface area contributed by atoms with Crippen molar-refractivity contribution in [2.45, 2.75) is 18.1 Å². The Morgan fingerprint density at radius 1 is 1.70 bits per heavy atom. The molecule has 0 atom stereocenters. The highest BCUT2D eigenvalue weighted by molar-refractivity contribution is 7.99. The number of H-pyrrole nitrogens is 1. The number of rotatable bonds is 0. The normalized spacial score (nSPS) is 16.8. The topological polar surface area (TPSA) is 50.7 Å². The van der Waals surface area contributed by atoms with Crippen molar-refractivity contribution >= 4 is 11.8 Å². The molecule has 1 aromatic rings. The summed E-state index contributed by atoms with van der Waals surface area (Å²) in [6.45, 7) is 0.817. The number of nitrogens with zero attached hydrogens (tertiary/aromatic N) is 2. The van der Waals surface area contributed by atoms with Crippen LogP contribution in [0.4, 0.5) is 0 Å². The molecule has 0 amide bonds. The van der Waals surface area contributed by atoms with E-state index < -0.39 is 0 Å². The van der Waals surface area contributed by atoms with Gasteiger partial charge in [0.15, 0.2) is 5.16 Å². The summed E-state index contributed by atoms with van der Waals surface area (Å²) in [7, 11) is 0. The van der Waals surface area contributed by atoms with Gasteiger partial charge < -0.3 is 0 Å². The Bertz CT molecular complexity index is 289. The second-order valence-corrected chi connectivity index (χ2v) is 3.23. The van der Waals surface area contributed by atoms with E-state index in [1.54, 1.807) is 16.3 Å². The van der Waals surface area contributed by atoms with Crippen LogP contribution >= 0.6 is 11.8 Å². The maximum atomic E-state index is 10.9. The third-order valence-electron chi connectivity index (χ3n) is 1.48. The van der Waals surface area contributed by atoms with Gasteiger partial charge in [-0.15, -0.1) is 5.10 Å². The molecule has 54 valence electrons. The molecule has 0 saturated heterocycles. The Kier molecular flexibility index (Phi) is 1.30. The van der Waals surface area contributed by atoms with Gasteiger partial charge in [-0.05, 0) is 6.42 Å². The Labute approximate surface area is 61.6 Å². The van der Waals surface area contributed by atoms with Crippen LogP contribution in [0.2, 0.25) is 0 Å². The highest BCUT2D eigenvalue weighted by atomic mass is 32.2. The number of aromatic nitrogens is 3. The number of fused-ring (bicyclic) bond motifs is 1. The predicted molar refractivity (Wildman–Crippen MR) is 38.2 cm³/mol. The molecule has 2 heterocycles. The van der Waals surface area contributed by atoms with Gasteiger partial charge in [0.05, 0.1) is 0 Å². The number of hydrogen-bond donors (Lipinski definition) is 1. The van der Waals surface area contributed by atoms with Gasteiger partial charge in [0.2, 0.25) is 0 Å². The lowest BCUT2D eigenvalue weighted by atomic mass is 10.5. The molecule has 0 unspecified atom stereocenters. The molecule has 0 aliphatic carbocycles. The molecular weight excluding hydrogens is 150 g/mol. The Morgan fingerprint density at radius 2 is 2.60 bits per heavy atom. The Balaban J connectivity index is 2.55. The molecule has 1 aliphatic rings. The van der Waals surface area contributed by atoms with Crippen LogP contribution in [0.25, 0.3) is 0 Å². The third kappa shape index (κ3) is 0.775. The number of hydrogen-bond acceptors (Lipinski definition) is 3. The lowest BCUT2D eigenvalue weighted by Crippen LogP contribution is -2.20. The van der Waals surface area contributed by atoms with E-state index >= 15 is 0 Å². The van der Waals surface area contributed by atoms with Gasteiger partial charge in [-0.25, -0.2) is 9.89 Å². The van der Waals surface area contributed by atoms with Crippen LogP contribution in [0.1, 0.15) is 6.42 Å². The van der Waals surface area contributed by atoms with Crippen LogP contribution in [0.15, 0.2) is 9.95 Å². The zero-order valence-corrected chi connectivity index (χ0v) is 6.15. The van der Waals surface area contributed by atoms with E-state index in [4.69, 9.17) is 0 Å². The quantitative estimate of drug-likeness (QED) is 0.579. The zero-order valence-electron chi connectivity index (χ0n) is 5.33. The minimum Gasteiger partial charge on any atom is -0.270 e. The molecule has 0 radical (unpaired) electrons. The zero-order chi connectivity index (χ0) is 6.97. The molecule has 0 fully saturated rings. The average molecular weight is 157 g/mol. The van der Waals surface area contributed by atoms with Gasteiger partial charge in [0.25, 0.3) is 0 Å². The van der Waals surface area contributed by atoms with Crippen molar-refractivity contribution in [1.82, 2.24) is 14.8 Å². The van der Waals surface area contributed by atoms with Crippen molar-refractivity contribution in [2.75, 3.05) is 5.75 Å². The van der Waals surface area contributed by atoms with E-state index in [-0.39, 0.29) is 5.69 Å². The van der Waals surface area contributed by atoms with E-state index in [2.05, 4.69) is 10.2 Å². The molecule has 1 aliphatic heterocycles. The first-order valence-electron chi connectivity index (χ1n) is 3.16. The summed E-state index contributed by atoms with van der Waals surface area (Å²) in [4.78, 5) is 10.9. The summed E-state index contributed by atoms with van der Waals surface area (Å²) in [5.41, 5.74) is -0.0813. The third-order valence-corrected chi connectivity index (χ3v) is 2.54. The summed E-state index contributed by atoms with van der Waals surface area (Å²) in [6, 6.07) is 0. The van der Waals surface area contributed by atoms with E-state index in [1.807, 2.05) is 0 Å². The summed E-state index contributed by atoms with van der Waals surface area (Å²) in [5, 5.41) is 7.09. The van der Waals surface area contributed by atoms with Crippen molar-refractivity contribution in [1.29, 1.82) is 0 Å². The highest BCUT2D eigenvalue weighted by Gasteiger charge is 2.12. The van der Waals surface area contributed by atoms with Gasteiger partial charge in [0.1, 0.15) is 0 Å². The van der Waals surface area contributed by atoms with Gasteiger partial charge in [0, 0.05) is 12.3 Å². The fourth-order valence-electron chi connectivity index (χ4n) is 0.997. The first-order chi connectivity index (χ1) is 4.88. The van der Waals surface area contributed by atoms with Crippen LogP contribution < -0.4 is 5.69 Å². The molecule has 0 saturated carbocycles. The van der Waals surface area contributed by atoms with E-state index in [9.17, 15) is 4.79 Å². The first kappa shape index (κ1) is 6.03. The van der Waals surface area contributed by atoms with Gasteiger partial charge >= 0.3 is 5.69 Å². The molecule has 1 aromatic heterocycles. The monoisotopic (exact) mass is 157 g/mol. The molecule has 4 nitrogen and oxygen atoms in total. The molecule has 0 bridgehead atoms. The minimum absolute atomic E-state index is 0.0813. The van der Waals surface area contributed by atoms with E-state index in [0.29, 0.717) is 0 Å². The largest absolute Gasteiger partial charge is 0.343 e. The molecule has 0 aromatic carbocycles. The van der Waals surface area contributed by atoms with Crippen molar-refractivity contribution < 1.29 is 0 Å². The summed E-state index contributed by atoms with van der Waals surface area (Å²) < 4.78 is 1.67. The summed E-state index contributed by atoms with van der Waals surface area (Å²) in [6.07, 6.45) is 1.07. The van der Waals surface area contributed by atoms with E-state index in [0.717, 1.165) is 23.9 Å². The minimum atomic E-state index is -0.0813. The summed E-state index contributed by atoms with van der Waals surface area (Å²) in [5.74, 6) is 1.07. The standard InChI is InChI=1S/C5H7N3OS/c9-4-6-7-5-8(4)2-1-3-10-5/h1-3H2,(H,6,9). The van der Waals surface area contributed by atoms with Gasteiger partial charge in [-0.3, -0.25) is 4.57 Å². The van der Waals surface area contributed by atoms with Crippen molar-refractivity contribution in [2.24, 2.45) is 0 Å². The molecule has 10 heavy (non-hydrogen) atoms. The number of thioether (sulfide) groups is 1. The predicted octanol–water partition coefficient (Wildman–Crippen LogP) is 0.0672. The Hall–Kier alpha value is -0.710. The van der Waals surface area contributed by atoms with Crippen LogP contribution in [-0.4, -0.2) is 20.5 Å². The lowest BCUT2D eigenvalue weighted by molar-refractivity contribution is 0.591. The van der Waals surface area contributed by atoms with Crippen LogP contribution in [-0.2, 0) is 6.54 Å². The van der Waals surface area contributed by atoms with Crippen molar-refractivity contribution in [3.05, 3.63) is 10.5 Å². The van der Waals surface area contributed by atoms with Crippen LogP contribution in [0.3, 0.4) is 0 Å². The fraction of sp³-hybridized carbons (Fsp3) is 0.600. The lowest BCUT2D eigenvalue weighted by Gasteiger charge is -2.09. The molecule has 2 rings (SSSR count). The second kappa shape index (κ2) is 2.16. The highest BCUT2D eigenvalue weighted by Crippen LogP contribution is 2.19. The maximum Gasteiger partial charge on any atom is 0.343 e.